The van der Waals surface area contributed by atoms with Gasteiger partial charge in [0.1, 0.15) is 5.82 Å². The van der Waals surface area contributed by atoms with Gasteiger partial charge < -0.3 is 9.80 Å². The van der Waals surface area contributed by atoms with Crippen molar-refractivity contribution in [3.63, 3.8) is 0 Å². The molecule has 0 bridgehead atoms. The van der Waals surface area contributed by atoms with Crippen LogP contribution in [0, 0.1) is 11.7 Å². The first-order valence-electron chi connectivity index (χ1n) is 12.5. The first kappa shape index (κ1) is 26.5. The minimum atomic E-state index is -1.03. The first-order valence-corrected chi connectivity index (χ1v) is 14.0. The zero-order valence-corrected chi connectivity index (χ0v) is 22.7. The quantitative estimate of drug-likeness (QED) is 0.560. The largest absolute Gasteiger partial charge is 0.340 e. The lowest BCUT2D eigenvalue weighted by atomic mass is 9.92. The number of hydrogen-bond acceptors (Lipinski definition) is 4. The second-order valence-electron chi connectivity index (χ2n) is 10.0. The Bertz CT molecular complexity index is 1210. The van der Waals surface area contributed by atoms with Crippen LogP contribution < -0.4 is 0 Å². The van der Waals surface area contributed by atoms with Gasteiger partial charge in [0.15, 0.2) is 0 Å². The third kappa shape index (κ3) is 5.69. The molecule has 0 N–H and O–H groups in total. The molecule has 1 amide bonds. The SMILES string of the molecule is CC1=C(C(C)C(=O)N2CCN(CCN(C)C)CC2)c2cc(F)ccc2/C1=C\c1ccc(S(C)=O)cc1. The van der Waals surface area contributed by atoms with Crippen molar-refractivity contribution in [2.75, 3.05) is 59.6 Å². The van der Waals surface area contributed by atoms with Crippen LogP contribution in [-0.4, -0.2) is 84.4 Å². The summed E-state index contributed by atoms with van der Waals surface area (Å²) in [4.78, 5) is 20.9. The molecule has 0 aromatic heterocycles. The molecule has 1 aliphatic carbocycles. The van der Waals surface area contributed by atoms with Crippen molar-refractivity contribution in [2.24, 2.45) is 5.92 Å². The van der Waals surface area contributed by atoms with Crippen molar-refractivity contribution < 1.29 is 13.4 Å². The zero-order valence-electron chi connectivity index (χ0n) is 21.9. The van der Waals surface area contributed by atoms with Crippen LogP contribution in [0.5, 0.6) is 0 Å². The maximum Gasteiger partial charge on any atom is 0.229 e. The van der Waals surface area contributed by atoms with Crippen molar-refractivity contribution in [3.8, 4) is 0 Å². The standard InChI is InChI=1S/C29H36FN3O2S/c1-20-26(18-22-6-9-24(10-7-22)36(5)35)25-11-8-23(30)19-27(25)28(20)21(2)29(34)33-16-14-32(15-17-33)13-12-31(3)4/h6-11,18-19,21H,12-17H2,1-5H3/b26-18-. The van der Waals surface area contributed by atoms with Crippen LogP contribution in [0.1, 0.15) is 30.5 Å². The lowest BCUT2D eigenvalue weighted by Crippen LogP contribution is -2.51. The molecular weight excluding hydrogens is 473 g/mol. The van der Waals surface area contributed by atoms with Gasteiger partial charge in [-0.15, -0.1) is 0 Å². The van der Waals surface area contributed by atoms with E-state index in [4.69, 9.17) is 0 Å². The first-order chi connectivity index (χ1) is 17.2. The van der Waals surface area contributed by atoms with Crippen LogP contribution in [0.3, 0.4) is 0 Å². The number of carbonyl (C=O) groups excluding carboxylic acids is 1. The molecule has 2 atom stereocenters. The van der Waals surface area contributed by atoms with E-state index in [1.165, 1.54) is 6.07 Å². The van der Waals surface area contributed by atoms with E-state index in [0.29, 0.717) is 13.1 Å². The number of allylic oxidation sites excluding steroid dienone is 2. The Morgan fingerprint density at radius 3 is 2.36 bits per heavy atom. The summed E-state index contributed by atoms with van der Waals surface area (Å²) in [6, 6.07) is 12.5. The molecule has 1 saturated heterocycles. The molecule has 1 fully saturated rings. The fourth-order valence-electron chi connectivity index (χ4n) is 5.12. The molecule has 1 aliphatic heterocycles. The van der Waals surface area contributed by atoms with Gasteiger partial charge in [-0.2, -0.15) is 0 Å². The van der Waals surface area contributed by atoms with E-state index >= 15 is 0 Å². The van der Waals surface area contributed by atoms with Gasteiger partial charge >= 0.3 is 0 Å². The monoisotopic (exact) mass is 509 g/mol. The van der Waals surface area contributed by atoms with Gasteiger partial charge in [-0.1, -0.05) is 18.2 Å². The fourth-order valence-corrected chi connectivity index (χ4v) is 5.64. The van der Waals surface area contributed by atoms with Gasteiger partial charge in [0, 0.05) is 61.2 Å². The van der Waals surface area contributed by atoms with E-state index in [1.807, 2.05) is 49.1 Å². The molecule has 7 heteroatoms. The van der Waals surface area contributed by atoms with Crippen molar-refractivity contribution in [1.29, 1.82) is 0 Å². The van der Waals surface area contributed by atoms with E-state index in [-0.39, 0.29) is 17.6 Å². The second-order valence-corrected chi connectivity index (χ2v) is 11.4. The topological polar surface area (TPSA) is 43.9 Å². The highest BCUT2D eigenvalue weighted by molar-refractivity contribution is 7.84. The summed E-state index contributed by atoms with van der Waals surface area (Å²) in [5, 5.41) is 0. The molecule has 36 heavy (non-hydrogen) atoms. The predicted octanol–water partition coefficient (Wildman–Crippen LogP) is 4.23. The Balaban J connectivity index is 1.59. The number of halogens is 1. The number of piperazine rings is 1. The highest BCUT2D eigenvalue weighted by atomic mass is 32.2. The number of amides is 1. The Kier molecular flexibility index (Phi) is 8.23. The van der Waals surface area contributed by atoms with Crippen molar-refractivity contribution in [1.82, 2.24) is 14.7 Å². The van der Waals surface area contributed by atoms with Crippen LogP contribution in [0.4, 0.5) is 4.39 Å². The molecule has 4 rings (SSSR count). The number of rotatable bonds is 7. The minimum absolute atomic E-state index is 0.0999. The lowest BCUT2D eigenvalue weighted by molar-refractivity contribution is -0.135. The van der Waals surface area contributed by atoms with Crippen LogP contribution in [0.2, 0.25) is 0 Å². The summed E-state index contributed by atoms with van der Waals surface area (Å²) in [7, 11) is 3.12. The van der Waals surface area contributed by atoms with Gasteiger partial charge in [-0.25, -0.2) is 4.39 Å². The van der Waals surface area contributed by atoms with E-state index in [1.54, 1.807) is 12.3 Å². The molecule has 0 spiro atoms. The summed E-state index contributed by atoms with van der Waals surface area (Å²) in [6.07, 6.45) is 3.73. The van der Waals surface area contributed by atoms with E-state index < -0.39 is 10.8 Å². The number of fused-ring (bicyclic) bond motifs is 1. The Morgan fingerprint density at radius 1 is 1.08 bits per heavy atom. The molecule has 0 saturated carbocycles. The highest BCUT2D eigenvalue weighted by Gasteiger charge is 2.33. The van der Waals surface area contributed by atoms with Gasteiger partial charge in [0.25, 0.3) is 0 Å². The summed E-state index contributed by atoms with van der Waals surface area (Å²) < 4.78 is 26.1. The molecule has 192 valence electrons. The van der Waals surface area contributed by atoms with Crippen molar-refractivity contribution in [2.45, 2.75) is 18.7 Å². The molecular formula is C29H36FN3O2S. The van der Waals surface area contributed by atoms with Crippen LogP contribution in [-0.2, 0) is 15.6 Å². The Morgan fingerprint density at radius 2 is 1.75 bits per heavy atom. The van der Waals surface area contributed by atoms with E-state index in [0.717, 1.165) is 64.5 Å². The van der Waals surface area contributed by atoms with Crippen molar-refractivity contribution >= 4 is 33.9 Å². The Hall–Kier alpha value is -2.61. The normalized spacial score (nSPS) is 19.2. The molecule has 2 aromatic rings. The van der Waals surface area contributed by atoms with Crippen LogP contribution >= 0.6 is 0 Å². The van der Waals surface area contributed by atoms with Gasteiger partial charge in [-0.05, 0) is 91.7 Å². The average molecular weight is 510 g/mol. The zero-order chi connectivity index (χ0) is 26.0. The summed E-state index contributed by atoms with van der Waals surface area (Å²) in [6.45, 7) is 9.16. The number of nitrogens with zero attached hydrogens (tertiary/aromatic N) is 3. The maximum absolute atomic E-state index is 14.4. The van der Waals surface area contributed by atoms with Crippen molar-refractivity contribution in [3.05, 3.63) is 70.5 Å². The lowest BCUT2D eigenvalue weighted by Gasteiger charge is -2.36. The fraction of sp³-hybridized carbons (Fsp3) is 0.414. The highest BCUT2D eigenvalue weighted by Crippen LogP contribution is 2.46. The maximum atomic E-state index is 14.4. The molecule has 1 heterocycles. The minimum Gasteiger partial charge on any atom is -0.340 e. The summed E-state index contributed by atoms with van der Waals surface area (Å²) >= 11 is 0. The number of likely N-dealkylation sites (N-methyl/N-ethyl adjacent to an activating group) is 1. The van der Waals surface area contributed by atoms with Gasteiger partial charge in [0.2, 0.25) is 5.91 Å². The van der Waals surface area contributed by atoms with Crippen LogP contribution in [0.15, 0.2) is 52.9 Å². The molecule has 2 unspecified atom stereocenters. The Labute approximate surface area is 216 Å². The average Bonchev–Trinajstić information content (AvgIpc) is 3.12. The number of benzene rings is 2. The second kappa shape index (κ2) is 11.2. The number of hydrogen-bond donors (Lipinski definition) is 0. The smallest absolute Gasteiger partial charge is 0.229 e. The third-order valence-electron chi connectivity index (χ3n) is 7.24. The summed E-state index contributed by atoms with van der Waals surface area (Å²) in [5.41, 5.74) is 5.63. The molecule has 0 radical (unpaired) electrons. The van der Waals surface area contributed by atoms with Crippen LogP contribution in [0.25, 0.3) is 17.2 Å². The summed E-state index contributed by atoms with van der Waals surface area (Å²) in [5.74, 6) is -0.568. The molecule has 5 nitrogen and oxygen atoms in total. The molecule has 2 aliphatic rings. The van der Waals surface area contributed by atoms with Gasteiger partial charge in [-0.3, -0.25) is 13.9 Å². The third-order valence-corrected chi connectivity index (χ3v) is 8.18. The van der Waals surface area contributed by atoms with E-state index in [2.05, 4.69) is 30.0 Å². The number of carbonyl (C=O) groups is 1. The molecule has 2 aromatic carbocycles. The predicted molar refractivity (Wildman–Crippen MR) is 146 cm³/mol. The van der Waals surface area contributed by atoms with E-state index in [9.17, 15) is 13.4 Å². The van der Waals surface area contributed by atoms with Gasteiger partial charge in [0.05, 0.1) is 5.92 Å².